The van der Waals surface area contributed by atoms with Crippen LogP contribution < -0.4 is 5.32 Å². The molecule has 0 unspecified atom stereocenters. The van der Waals surface area contributed by atoms with Crippen molar-refractivity contribution in [1.29, 1.82) is 0 Å². The Morgan fingerprint density at radius 3 is 2.50 bits per heavy atom. The number of hydrogen-bond acceptors (Lipinski definition) is 2. The molecule has 0 aromatic heterocycles. The Hall–Kier alpha value is -0.610. The van der Waals surface area contributed by atoms with Gasteiger partial charge in [0.25, 0.3) is 0 Å². The van der Waals surface area contributed by atoms with Crippen LogP contribution in [0.5, 0.6) is 0 Å². The molecule has 90 valence electrons. The van der Waals surface area contributed by atoms with Gasteiger partial charge in [0.1, 0.15) is 0 Å². The first-order valence-electron chi connectivity index (χ1n) is 5.43. The molecule has 0 aliphatic heterocycles. The maximum Gasteiger partial charge on any atom is 0.247 e. The summed E-state index contributed by atoms with van der Waals surface area (Å²) < 4.78 is 23.9. The Morgan fingerprint density at radius 1 is 1.25 bits per heavy atom. The SMILES string of the molecule is CCCNCc1ccc(SCC(F)F)cc1. The summed E-state index contributed by atoms with van der Waals surface area (Å²) in [7, 11) is 0. The van der Waals surface area contributed by atoms with Crippen LogP contribution in [0.3, 0.4) is 0 Å². The Kier molecular flexibility index (Phi) is 6.42. The molecule has 0 spiro atoms. The van der Waals surface area contributed by atoms with E-state index in [0.29, 0.717) is 0 Å². The van der Waals surface area contributed by atoms with Gasteiger partial charge < -0.3 is 5.32 Å². The fourth-order valence-corrected chi connectivity index (χ4v) is 1.92. The highest BCUT2D eigenvalue weighted by Gasteiger charge is 2.03. The van der Waals surface area contributed by atoms with Crippen LogP contribution in [0.4, 0.5) is 8.78 Å². The van der Waals surface area contributed by atoms with E-state index >= 15 is 0 Å². The van der Waals surface area contributed by atoms with Crippen LogP contribution in [-0.4, -0.2) is 18.7 Å². The van der Waals surface area contributed by atoms with E-state index in [2.05, 4.69) is 12.2 Å². The van der Waals surface area contributed by atoms with Gasteiger partial charge in [0.2, 0.25) is 6.43 Å². The predicted octanol–water partition coefficient (Wildman–Crippen LogP) is 3.54. The van der Waals surface area contributed by atoms with E-state index in [4.69, 9.17) is 0 Å². The maximum atomic E-state index is 12.0. The van der Waals surface area contributed by atoms with Crippen molar-refractivity contribution >= 4 is 11.8 Å². The molecule has 0 radical (unpaired) electrons. The minimum atomic E-state index is -2.24. The second-order valence-corrected chi connectivity index (χ2v) is 4.62. The zero-order valence-corrected chi connectivity index (χ0v) is 10.2. The number of alkyl halides is 2. The zero-order valence-electron chi connectivity index (χ0n) is 9.38. The molecular formula is C12H17F2NS. The third-order valence-electron chi connectivity index (χ3n) is 2.06. The molecule has 1 aromatic carbocycles. The molecule has 0 saturated heterocycles. The fraction of sp³-hybridized carbons (Fsp3) is 0.500. The second-order valence-electron chi connectivity index (χ2n) is 3.52. The molecule has 0 aliphatic carbocycles. The normalized spacial score (nSPS) is 11.0. The van der Waals surface area contributed by atoms with Crippen LogP contribution in [0.2, 0.25) is 0 Å². The van der Waals surface area contributed by atoms with E-state index in [-0.39, 0.29) is 5.75 Å². The Labute approximate surface area is 99.6 Å². The molecule has 0 bridgehead atoms. The molecule has 1 rings (SSSR count). The average Bonchev–Trinajstić information content (AvgIpc) is 2.28. The van der Waals surface area contributed by atoms with Crippen LogP contribution in [-0.2, 0) is 6.54 Å². The Bertz CT molecular complexity index is 288. The molecule has 1 N–H and O–H groups in total. The molecule has 0 amide bonds. The minimum absolute atomic E-state index is 0.132. The first-order chi connectivity index (χ1) is 7.72. The lowest BCUT2D eigenvalue weighted by Crippen LogP contribution is -2.13. The molecule has 1 aromatic rings. The number of rotatable bonds is 7. The molecule has 0 atom stereocenters. The van der Waals surface area contributed by atoms with E-state index in [9.17, 15) is 8.78 Å². The molecule has 0 heterocycles. The highest BCUT2D eigenvalue weighted by Crippen LogP contribution is 2.20. The van der Waals surface area contributed by atoms with Crippen molar-refractivity contribution in [2.75, 3.05) is 12.3 Å². The van der Waals surface area contributed by atoms with Crippen molar-refractivity contribution in [2.24, 2.45) is 0 Å². The zero-order chi connectivity index (χ0) is 11.8. The van der Waals surface area contributed by atoms with Crippen LogP contribution in [0.25, 0.3) is 0 Å². The van der Waals surface area contributed by atoms with Gasteiger partial charge in [0.15, 0.2) is 0 Å². The van der Waals surface area contributed by atoms with E-state index < -0.39 is 6.43 Å². The van der Waals surface area contributed by atoms with Gasteiger partial charge in [0.05, 0.1) is 5.75 Å². The van der Waals surface area contributed by atoms with E-state index in [1.54, 1.807) is 0 Å². The van der Waals surface area contributed by atoms with Gasteiger partial charge in [0, 0.05) is 11.4 Å². The molecule has 1 nitrogen and oxygen atoms in total. The van der Waals surface area contributed by atoms with E-state index in [1.165, 1.54) is 17.3 Å². The topological polar surface area (TPSA) is 12.0 Å². The molecule has 16 heavy (non-hydrogen) atoms. The van der Waals surface area contributed by atoms with Gasteiger partial charge in [-0.05, 0) is 30.7 Å². The Morgan fingerprint density at radius 2 is 1.94 bits per heavy atom. The number of thioether (sulfide) groups is 1. The summed E-state index contributed by atoms with van der Waals surface area (Å²) in [5.41, 5.74) is 1.19. The van der Waals surface area contributed by atoms with Crippen LogP contribution in [0.1, 0.15) is 18.9 Å². The van der Waals surface area contributed by atoms with E-state index in [1.807, 2.05) is 24.3 Å². The fourth-order valence-electron chi connectivity index (χ4n) is 1.27. The van der Waals surface area contributed by atoms with Crippen molar-refractivity contribution in [3.05, 3.63) is 29.8 Å². The van der Waals surface area contributed by atoms with Crippen molar-refractivity contribution < 1.29 is 8.78 Å². The molecule has 4 heteroatoms. The largest absolute Gasteiger partial charge is 0.313 e. The highest BCUT2D eigenvalue weighted by atomic mass is 32.2. The molecule has 0 saturated carbocycles. The summed E-state index contributed by atoms with van der Waals surface area (Å²) in [6.45, 7) is 3.96. The summed E-state index contributed by atoms with van der Waals surface area (Å²) in [4.78, 5) is 0.902. The third-order valence-corrected chi connectivity index (χ3v) is 3.08. The van der Waals surface area contributed by atoms with Crippen molar-refractivity contribution in [1.82, 2.24) is 5.32 Å². The number of benzene rings is 1. The second kappa shape index (κ2) is 7.63. The summed E-state index contributed by atoms with van der Waals surface area (Å²) in [6.07, 6.45) is -1.13. The first kappa shape index (κ1) is 13.5. The maximum absolute atomic E-state index is 12.0. The number of nitrogens with one attached hydrogen (secondary N) is 1. The quantitative estimate of drug-likeness (QED) is 0.582. The lowest BCUT2D eigenvalue weighted by Gasteiger charge is -2.05. The lowest BCUT2D eigenvalue weighted by atomic mass is 10.2. The average molecular weight is 245 g/mol. The minimum Gasteiger partial charge on any atom is -0.313 e. The van der Waals surface area contributed by atoms with Gasteiger partial charge in [-0.25, -0.2) is 8.78 Å². The van der Waals surface area contributed by atoms with Crippen LogP contribution in [0, 0.1) is 0 Å². The predicted molar refractivity (Wildman–Crippen MR) is 65.2 cm³/mol. The monoisotopic (exact) mass is 245 g/mol. The van der Waals surface area contributed by atoms with Gasteiger partial charge in [-0.1, -0.05) is 19.1 Å². The Balaban J connectivity index is 2.35. The summed E-state index contributed by atoms with van der Waals surface area (Å²) in [5.74, 6) is -0.132. The van der Waals surface area contributed by atoms with Gasteiger partial charge in [-0.15, -0.1) is 11.8 Å². The molecule has 0 fully saturated rings. The third kappa shape index (κ3) is 5.47. The van der Waals surface area contributed by atoms with Crippen molar-refractivity contribution in [3.63, 3.8) is 0 Å². The van der Waals surface area contributed by atoms with Gasteiger partial charge >= 0.3 is 0 Å². The lowest BCUT2D eigenvalue weighted by molar-refractivity contribution is 0.177. The van der Waals surface area contributed by atoms with E-state index in [0.717, 1.165) is 24.4 Å². The standard InChI is InChI=1S/C12H17F2NS/c1-2-7-15-8-10-3-5-11(6-4-10)16-9-12(13)14/h3-6,12,15H,2,7-9H2,1H3. The van der Waals surface area contributed by atoms with Gasteiger partial charge in [-0.2, -0.15) is 0 Å². The van der Waals surface area contributed by atoms with Crippen molar-refractivity contribution in [3.8, 4) is 0 Å². The smallest absolute Gasteiger partial charge is 0.247 e. The first-order valence-corrected chi connectivity index (χ1v) is 6.41. The van der Waals surface area contributed by atoms with Crippen molar-refractivity contribution in [2.45, 2.75) is 31.2 Å². The van der Waals surface area contributed by atoms with Gasteiger partial charge in [-0.3, -0.25) is 0 Å². The summed E-state index contributed by atoms with van der Waals surface area (Å²) in [6, 6.07) is 7.76. The van der Waals surface area contributed by atoms with Crippen LogP contribution >= 0.6 is 11.8 Å². The molecule has 0 aliphatic rings. The summed E-state index contributed by atoms with van der Waals surface area (Å²) in [5, 5.41) is 3.29. The number of hydrogen-bond donors (Lipinski definition) is 1. The highest BCUT2D eigenvalue weighted by molar-refractivity contribution is 7.99. The number of halogens is 2. The van der Waals surface area contributed by atoms with Crippen LogP contribution in [0.15, 0.2) is 29.2 Å². The summed E-state index contributed by atoms with van der Waals surface area (Å²) >= 11 is 1.20. The molecular weight excluding hydrogens is 228 g/mol.